The first-order chi connectivity index (χ1) is 10.3. The number of rotatable bonds is 6. The van der Waals surface area contributed by atoms with Crippen LogP contribution in [0.15, 0.2) is 46.8 Å². The van der Waals surface area contributed by atoms with Crippen molar-refractivity contribution < 1.29 is 4.74 Å². The lowest BCUT2D eigenvalue weighted by molar-refractivity contribution is 0.308. The van der Waals surface area contributed by atoms with Crippen molar-refractivity contribution >= 4 is 22.9 Å². The number of aromatic nitrogens is 4. The van der Waals surface area contributed by atoms with E-state index in [4.69, 9.17) is 4.74 Å². The molecule has 2 heterocycles. The van der Waals surface area contributed by atoms with Crippen molar-refractivity contribution in [2.75, 3.05) is 6.61 Å². The van der Waals surface area contributed by atoms with E-state index in [2.05, 4.69) is 26.9 Å². The molecule has 21 heavy (non-hydrogen) atoms. The molecule has 0 saturated heterocycles. The summed E-state index contributed by atoms with van der Waals surface area (Å²) in [6.45, 7) is 2.90. The van der Waals surface area contributed by atoms with Crippen LogP contribution in [0.3, 0.4) is 0 Å². The Balaban J connectivity index is 1.72. The van der Waals surface area contributed by atoms with E-state index < -0.39 is 0 Å². The first kappa shape index (κ1) is 13.9. The number of hydrogen-bond donors (Lipinski definition) is 1. The van der Waals surface area contributed by atoms with Gasteiger partial charge in [-0.3, -0.25) is 0 Å². The first-order valence-corrected chi connectivity index (χ1v) is 7.73. The van der Waals surface area contributed by atoms with E-state index in [-0.39, 0.29) is 0 Å². The zero-order valence-electron chi connectivity index (χ0n) is 11.7. The summed E-state index contributed by atoms with van der Waals surface area (Å²) < 4.78 is 5.71. The average Bonchev–Trinajstić information content (AvgIpc) is 2.95. The van der Waals surface area contributed by atoms with E-state index in [0.29, 0.717) is 10.8 Å². The van der Waals surface area contributed by atoms with Crippen LogP contribution in [0, 0.1) is 0 Å². The molecule has 0 bridgehead atoms. The summed E-state index contributed by atoms with van der Waals surface area (Å²) in [5.74, 6) is 0.884. The number of benzene rings is 1. The van der Waals surface area contributed by atoms with Crippen LogP contribution in [0.1, 0.15) is 19.8 Å². The predicted molar refractivity (Wildman–Crippen MR) is 82.7 cm³/mol. The first-order valence-electron chi connectivity index (χ1n) is 6.92. The molecule has 0 unspecified atom stereocenters. The summed E-state index contributed by atoms with van der Waals surface area (Å²) in [4.78, 5) is 16.9. The summed E-state index contributed by atoms with van der Waals surface area (Å²) >= 11 is 1.50. The maximum absolute atomic E-state index is 5.71. The number of unbranched alkanes of at least 4 members (excludes halogenated alkanes) is 1. The highest BCUT2D eigenvalue weighted by molar-refractivity contribution is 7.99. The summed E-state index contributed by atoms with van der Waals surface area (Å²) in [6.07, 6.45) is 5.57. The Morgan fingerprint density at radius 3 is 3.14 bits per heavy atom. The van der Waals surface area contributed by atoms with Crippen molar-refractivity contribution in [3.05, 3.63) is 36.8 Å². The number of imidazole rings is 1. The maximum Gasteiger partial charge on any atom is 0.194 e. The maximum atomic E-state index is 5.71. The average molecular weight is 300 g/mol. The summed E-state index contributed by atoms with van der Waals surface area (Å²) in [5.41, 5.74) is 1.53. The molecule has 0 radical (unpaired) electrons. The molecule has 0 aliphatic rings. The largest absolute Gasteiger partial charge is 0.494 e. The minimum Gasteiger partial charge on any atom is -0.494 e. The van der Waals surface area contributed by atoms with Gasteiger partial charge in [0.15, 0.2) is 10.8 Å². The van der Waals surface area contributed by atoms with Gasteiger partial charge in [-0.15, -0.1) is 0 Å². The van der Waals surface area contributed by atoms with E-state index in [1.165, 1.54) is 11.8 Å². The monoisotopic (exact) mass is 300 g/mol. The molecular formula is C15H16N4OS. The van der Waals surface area contributed by atoms with Crippen molar-refractivity contribution in [1.82, 2.24) is 19.9 Å². The highest BCUT2D eigenvalue weighted by atomic mass is 32.2. The van der Waals surface area contributed by atoms with E-state index in [1.807, 2.05) is 24.3 Å². The van der Waals surface area contributed by atoms with Crippen molar-refractivity contribution in [1.29, 1.82) is 0 Å². The number of fused-ring (bicyclic) bond motifs is 1. The lowest BCUT2D eigenvalue weighted by atomic mass is 10.3. The Bertz CT molecular complexity index is 728. The van der Waals surface area contributed by atoms with Crippen LogP contribution in [0.5, 0.6) is 5.75 Å². The Morgan fingerprint density at radius 1 is 1.29 bits per heavy atom. The van der Waals surface area contributed by atoms with Gasteiger partial charge < -0.3 is 9.72 Å². The smallest absolute Gasteiger partial charge is 0.194 e. The molecule has 108 valence electrons. The third-order valence-electron chi connectivity index (χ3n) is 2.93. The topological polar surface area (TPSA) is 63.7 Å². The van der Waals surface area contributed by atoms with E-state index in [9.17, 15) is 0 Å². The van der Waals surface area contributed by atoms with Crippen molar-refractivity contribution in [2.45, 2.75) is 29.8 Å². The normalized spacial score (nSPS) is 10.9. The minimum absolute atomic E-state index is 0.681. The van der Waals surface area contributed by atoms with Gasteiger partial charge in [-0.1, -0.05) is 19.4 Å². The van der Waals surface area contributed by atoms with E-state index >= 15 is 0 Å². The van der Waals surface area contributed by atoms with Crippen LogP contribution in [0.25, 0.3) is 11.2 Å². The van der Waals surface area contributed by atoms with Crippen LogP contribution in [-0.2, 0) is 0 Å². The van der Waals surface area contributed by atoms with Gasteiger partial charge >= 0.3 is 0 Å². The Labute approximate surface area is 127 Å². The molecule has 1 N–H and O–H groups in total. The molecule has 3 rings (SSSR count). The van der Waals surface area contributed by atoms with Crippen LogP contribution >= 0.6 is 11.8 Å². The quantitative estimate of drug-likeness (QED) is 0.555. The van der Waals surface area contributed by atoms with Gasteiger partial charge in [0.2, 0.25) is 0 Å². The number of H-pyrrole nitrogens is 1. The number of hydrogen-bond acceptors (Lipinski definition) is 5. The summed E-state index contributed by atoms with van der Waals surface area (Å²) in [6, 6.07) is 7.99. The second-order valence-corrected chi connectivity index (χ2v) is 5.61. The van der Waals surface area contributed by atoms with Gasteiger partial charge in [-0.05, 0) is 36.4 Å². The molecule has 0 aliphatic heterocycles. The molecule has 0 atom stereocenters. The number of aromatic amines is 1. The number of nitrogens with zero attached hydrogens (tertiary/aromatic N) is 3. The SMILES string of the molecule is CCCCOc1cccc(Sc2ncc3[nH]cnc3n2)c1. The molecule has 0 saturated carbocycles. The van der Waals surface area contributed by atoms with Gasteiger partial charge in [0.1, 0.15) is 11.3 Å². The molecule has 6 heteroatoms. The Kier molecular flexibility index (Phi) is 4.35. The van der Waals surface area contributed by atoms with Crippen molar-refractivity contribution in [2.24, 2.45) is 0 Å². The van der Waals surface area contributed by atoms with Crippen LogP contribution in [0.4, 0.5) is 0 Å². The highest BCUT2D eigenvalue weighted by Crippen LogP contribution is 2.28. The van der Waals surface area contributed by atoms with Gasteiger partial charge in [0.05, 0.1) is 19.1 Å². The zero-order chi connectivity index (χ0) is 14.5. The van der Waals surface area contributed by atoms with Crippen molar-refractivity contribution in [3.8, 4) is 5.75 Å². The van der Waals surface area contributed by atoms with Crippen molar-refractivity contribution in [3.63, 3.8) is 0 Å². The fourth-order valence-electron chi connectivity index (χ4n) is 1.84. The highest BCUT2D eigenvalue weighted by Gasteiger charge is 2.05. The Hall–Kier alpha value is -2.08. The molecule has 0 aliphatic carbocycles. The second kappa shape index (κ2) is 6.58. The van der Waals surface area contributed by atoms with Crippen LogP contribution in [-0.4, -0.2) is 26.5 Å². The van der Waals surface area contributed by atoms with Gasteiger partial charge in [0.25, 0.3) is 0 Å². The molecule has 5 nitrogen and oxygen atoms in total. The summed E-state index contributed by atoms with van der Waals surface area (Å²) in [5, 5.41) is 0.681. The molecule has 3 aromatic rings. The van der Waals surface area contributed by atoms with Gasteiger partial charge in [-0.25, -0.2) is 15.0 Å². The molecule has 2 aromatic heterocycles. The lowest BCUT2D eigenvalue weighted by Crippen LogP contribution is -1.96. The molecule has 0 fully saturated rings. The zero-order valence-corrected chi connectivity index (χ0v) is 12.6. The third kappa shape index (κ3) is 3.52. The van der Waals surface area contributed by atoms with Gasteiger partial charge in [-0.2, -0.15) is 0 Å². The minimum atomic E-state index is 0.681. The fraction of sp³-hybridized carbons (Fsp3) is 0.267. The molecular weight excluding hydrogens is 284 g/mol. The van der Waals surface area contributed by atoms with Gasteiger partial charge in [0, 0.05) is 4.90 Å². The fourth-order valence-corrected chi connectivity index (χ4v) is 2.61. The second-order valence-electron chi connectivity index (χ2n) is 4.57. The van der Waals surface area contributed by atoms with E-state index in [0.717, 1.165) is 35.6 Å². The van der Waals surface area contributed by atoms with Crippen LogP contribution in [0.2, 0.25) is 0 Å². The molecule has 0 amide bonds. The van der Waals surface area contributed by atoms with Crippen LogP contribution < -0.4 is 4.74 Å². The Morgan fingerprint density at radius 2 is 2.24 bits per heavy atom. The number of nitrogens with one attached hydrogen (secondary N) is 1. The molecule has 0 spiro atoms. The van der Waals surface area contributed by atoms with E-state index in [1.54, 1.807) is 12.5 Å². The standard InChI is InChI=1S/C15H16N4OS/c1-2-3-7-20-11-5-4-6-12(8-11)21-15-16-9-13-14(19-15)18-10-17-13/h4-6,8-10H,2-3,7H2,1H3,(H,16,17,18,19). The molecule has 1 aromatic carbocycles. The summed E-state index contributed by atoms with van der Waals surface area (Å²) in [7, 11) is 0. The predicted octanol–water partition coefficient (Wildman–Crippen LogP) is 3.68. The third-order valence-corrected chi connectivity index (χ3v) is 3.80. The lowest BCUT2D eigenvalue weighted by Gasteiger charge is -2.06. The number of ether oxygens (including phenoxy) is 1.